The molecule has 0 atom stereocenters. The molecule has 8 heteroatoms. The Morgan fingerprint density at radius 3 is 2.42 bits per heavy atom. The van der Waals surface area contributed by atoms with Gasteiger partial charge in [-0.3, -0.25) is 19.6 Å². The Hall–Kier alpha value is -3.26. The fourth-order valence-corrected chi connectivity index (χ4v) is 4.29. The Kier molecular flexibility index (Phi) is 6.27. The molecule has 0 bridgehead atoms. The highest BCUT2D eigenvalue weighted by Gasteiger charge is 2.26. The summed E-state index contributed by atoms with van der Waals surface area (Å²) in [5.41, 5.74) is 2.08. The van der Waals surface area contributed by atoms with Gasteiger partial charge in [0, 0.05) is 31.1 Å². The molecule has 0 unspecified atom stereocenters. The van der Waals surface area contributed by atoms with Crippen molar-refractivity contribution in [3.63, 3.8) is 0 Å². The van der Waals surface area contributed by atoms with Crippen LogP contribution in [-0.2, 0) is 19.6 Å². The van der Waals surface area contributed by atoms with E-state index in [1.165, 1.54) is 6.07 Å². The van der Waals surface area contributed by atoms with Crippen molar-refractivity contribution in [1.29, 1.82) is 0 Å². The van der Waals surface area contributed by atoms with Crippen LogP contribution < -0.4 is 5.69 Å². The number of benzene rings is 2. The molecule has 0 spiro atoms. The van der Waals surface area contributed by atoms with E-state index in [0.29, 0.717) is 19.6 Å². The molecule has 0 aliphatic carbocycles. The van der Waals surface area contributed by atoms with Gasteiger partial charge < -0.3 is 0 Å². The number of nitro groups is 1. The number of nitro benzene ring substituents is 1. The summed E-state index contributed by atoms with van der Waals surface area (Å²) in [4.78, 5) is 25.8. The zero-order valence-corrected chi connectivity index (χ0v) is 17.7. The number of hydrogen-bond acceptors (Lipinski definition) is 5. The molecule has 8 nitrogen and oxygen atoms in total. The summed E-state index contributed by atoms with van der Waals surface area (Å²) in [5, 5.41) is 15.7. The van der Waals surface area contributed by atoms with Gasteiger partial charge in [0.1, 0.15) is 5.82 Å². The number of piperidine rings is 1. The van der Waals surface area contributed by atoms with Crippen LogP contribution in [0.3, 0.4) is 0 Å². The number of rotatable bonds is 7. The van der Waals surface area contributed by atoms with Gasteiger partial charge in [0.15, 0.2) is 0 Å². The molecule has 2 heterocycles. The van der Waals surface area contributed by atoms with E-state index in [2.05, 4.69) is 4.90 Å². The number of likely N-dealkylation sites (tertiary alicyclic amines) is 1. The van der Waals surface area contributed by atoms with Gasteiger partial charge in [-0.1, -0.05) is 42.5 Å². The second-order valence-corrected chi connectivity index (χ2v) is 8.01. The Bertz CT molecular complexity index is 1100. The Morgan fingerprint density at radius 2 is 1.74 bits per heavy atom. The average Bonchev–Trinajstić information content (AvgIpc) is 3.10. The molecule has 0 amide bonds. The van der Waals surface area contributed by atoms with E-state index in [0.717, 1.165) is 42.9 Å². The molecular weight excluding hydrogens is 394 g/mol. The third kappa shape index (κ3) is 4.74. The summed E-state index contributed by atoms with van der Waals surface area (Å²) in [5.74, 6) is 1.12. The molecule has 4 rings (SSSR count). The zero-order chi connectivity index (χ0) is 21.8. The van der Waals surface area contributed by atoms with E-state index in [9.17, 15) is 14.9 Å². The van der Waals surface area contributed by atoms with Crippen molar-refractivity contribution in [3.8, 4) is 0 Å². The van der Waals surface area contributed by atoms with Crippen LogP contribution in [0.4, 0.5) is 5.69 Å². The topological polar surface area (TPSA) is 86.2 Å². The quantitative estimate of drug-likeness (QED) is 0.431. The first-order chi connectivity index (χ1) is 15.0. The lowest BCUT2D eigenvalue weighted by Crippen LogP contribution is -2.33. The smallest absolute Gasteiger partial charge is 0.299 e. The fourth-order valence-electron chi connectivity index (χ4n) is 4.29. The second-order valence-electron chi connectivity index (χ2n) is 8.01. The molecule has 1 saturated heterocycles. The SMILES string of the molecule is CCn1c(C2CCN(Cc3cccc([N+](=O)[O-])c3)CC2)nn(Cc2ccccc2)c1=O. The maximum atomic E-state index is 12.9. The molecule has 162 valence electrons. The molecule has 0 radical (unpaired) electrons. The van der Waals surface area contributed by atoms with Gasteiger partial charge >= 0.3 is 5.69 Å². The second kappa shape index (κ2) is 9.26. The fraction of sp³-hybridized carbons (Fsp3) is 0.391. The Balaban J connectivity index is 1.44. The van der Waals surface area contributed by atoms with Crippen LogP contribution >= 0.6 is 0 Å². The van der Waals surface area contributed by atoms with Gasteiger partial charge in [0.05, 0.1) is 11.5 Å². The Labute approximate surface area is 180 Å². The number of nitrogens with zero attached hydrogens (tertiary/aromatic N) is 5. The minimum atomic E-state index is -0.356. The summed E-state index contributed by atoms with van der Waals surface area (Å²) in [6.07, 6.45) is 1.83. The lowest BCUT2D eigenvalue weighted by Gasteiger charge is -2.31. The van der Waals surface area contributed by atoms with Crippen LogP contribution in [0.1, 0.15) is 42.6 Å². The van der Waals surface area contributed by atoms with Crippen molar-refractivity contribution in [2.45, 2.75) is 45.3 Å². The minimum absolute atomic E-state index is 0.0552. The van der Waals surface area contributed by atoms with Crippen LogP contribution in [0, 0.1) is 10.1 Å². The highest BCUT2D eigenvalue weighted by molar-refractivity contribution is 5.34. The predicted molar refractivity (Wildman–Crippen MR) is 118 cm³/mol. The molecule has 2 aromatic carbocycles. The van der Waals surface area contributed by atoms with Gasteiger partial charge in [-0.25, -0.2) is 9.48 Å². The first kappa shape index (κ1) is 21.0. The van der Waals surface area contributed by atoms with Gasteiger partial charge in [-0.15, -0.1) is 0 Å². The molecule has 1 aliphatic rings. The summed E-state index contributed by atoms with van der Waals surface area (Å²) < 4.78 is 3.37. The number of hydrogen-bond donors (Lipinski definition) is 0. The molecule has 31 heavy (non-hydrogen) atoms. The van der Waals surface area contributed by atoms with Crippen molar-refractivity contribution in [2.75, 3.05) is 13.1 Å². The van der Waals surface area contributed by atoms with E-state index < -0.39 is 0 Å². The van der Waals surface area contributed by atoms with Crippen LogP contribution in [0.5, 0.6) is 0 Å². The third-order valence-corrected chi connectivity index (χ3v) is 5.92. The van der Waals surface area contributed by atoms with Crippen LogP contribution in [-0.4, -0.2) is 37.3 Å². The van der Waals surface area contributed by atoms with E-state index in [1.54, 1.807) is 21.4 Å². The van der Waals surface area contributed by atoms with Crippen molar-refractivity contribution in [1.82, 2.24) is 19.2 Å². The number of non-ortho nitro benzene ring substituents is 1. The Morgan fingerprint density at radius 1 is 1.03 bits per heavy atom. The highest BCUT2D eigenvalue weighted by atomic mass is 16.6. The van der Waals surface area contributed by atoms with Gasteiger partial charge in [0.25, 0.3) is 5.69 Å². The van der Waals surface area contributed by atoms with Crippen LogP contribution in [0.25, 0.3) is 0 Å². The summed E-state index contributed by atoms with van der Waals surface area (Å²) in [6, 6.07) is 16.7. The lowest BCUT2D eigenvalue weighted by atomic mass is 9.95. The van der Waals surface area contributed by atoms with Crippen molar-refractivity contribution >= 4 is 5.69 Å². The van der Waals surface area contributed by atoms with Crippen molar-refractivity contribution < 1.29 is 4.92 Å². The summed E-state index contributed by atoms with van der Waals surface area (Å²) in [6.45, 7) is 5.50. The van der Waals surface area contributed by atoms with Crippen molar-refractivity contribution in [3.05, 3.63) is 92.1 Å². The molecule has 1 aromatic heterocycles. The van der Waals surface area contributed by atoms with E-state index in [4.69, 9.17) is 5.10 Å². The zero-order valence-electron chi connectivity index (χ0n) is 17.7. The maximum absolute atomic E-state index is 12.9. The molecule has 1 aliphatic heterocycles. The summed E-state index contributed by atoms with van der Waals surface area (Å²) in [7, 11) is 0. The normalized spacial score (nSPS) is 15.3. The molecule has 1 fully saturated rings. The first-order valence-electron chi connectivity index (χ1n) is 10.7. The maximum Gasteiger partial charge on any atom is 0.346 e. The number of aromatic nitrogens is 3. The van der Waals surface area contributed by atoms with Crippen LogP contribution in [0.2, 0.25) is 0 Å². The molecule has 3 aromatic rings. The predicted octanol–water partition coefficient (Wildman–Crippen LogP) is 3.40. The first-order valence-corrected chi connectivity index (χ1v) is 10.7. The summed E-state index contributed by atoms with van der Waals surface area (Å²) >= 11 is 0. The van der Waals surface area contributed by atoms with E-state index in [-0.39, 0.29) is 22.2 Å². The van der Waals surface area contributed by atoms with E-state index >= 15 is 0 Å². The standard InChI is InChI=1S/C23H27N5O3/c1-2-26-22(24-27(23(26)29)17-18-7-4-3-5-8-18)20-11-13-25(14-12-20)16-19-9-6-10-21(15-19)28(30)31/h3-10,15,20H,2,11-14,16-17H2,1H3. The monoisotopic (exact) mass is 421 g/mol. The van der Waals surface area contributed by atoms with Crippen molar-refractivity contribution in [2.24, 2.45) is 0 Å². The average molecular weight is 422 g/mol. The highest BCUT2D eigenvalue weighted by Crippen LogP contribution is 2.27. The molecule has 0 saturated carbocycles. The van der Waals surface area contributed by atoms with Gasteiger partial charge in [-0.2, -0.15) is 5.10 Å². The minimum Gasteiger partial charge on any atom is -0.299 e. The van der Waals surface area contributed by atoms with Gasteiger partial charge in [-0.05, 0) is 44.0 Å². The molecular formula is C23H27N5O3. The lowest BCUT2D eigenvalue weighted by molar-refractivity contribution is -0.384. The largest absolute Gasteiger partial charge is 0.346 e. The van der Waals surface area contributed by atoms with Crippen LogP contribution in [0.15, 0.2) is 59.4 Å². The third-order valence-electron chi connectivity index (χ3n) is 5.92. The van der Waals surface area contributed by atoms with E-state index in [1.807, 2.05) is 43.3 Å². The van der Waals surface area contributed by atoms with Gasteiger partial charge in [0.2, 0.25) is 0 Å². The molecule has 0 N–H and O–H groups in total.